The third-order valence-electron chi connectivity index (χ3n) is 3.27. The van der Waals surface area contributed by atoms with Gasteiger partial charge in [-0.15, -0.1) is 0 Å². The molecule has 0 saturated carbocycles. The van der Waals surface area contributed by atoms with E-state index in [1.54, 1.807) is 6.92 Å². The second kappa shape index (κ2) is 3.17. The lowest BCUT2D eigenvalue weighted by Gasteiger charge is -2.15. The van der Waals surface area contributed by atoms with Crippen LogP contribution in [0, 0.1) is 0 Å². The largest absolute Gasteiger partial charge is 0.367 e. The zero-order valence-electron chi connectivity index (χ0n) is 9.24. The van der Waals surface area contributed by atoms with E-state index in [-0.39, 0.29) is 23.5 Å². The van der Waals surface area contributed by atoms with Crippen LogP contribution >= 0.6 is 0 Å². The van der Waals surface area contributed by atoms with Crippen LogP contribution in [-0.2, 0) is 14.3 Å². The van der Waals surface area contributed by atoms with Crippen molar-refractivity contribution >= 4 is 11.8 Å². The zero-order valence-corrected chi connectivity index (χ0v) is 9.24. The maximum atomic E-state index is 11.5. The molecule has 2 aliphatic rings. The predicted octanol–water partition coefficient (Wildman–Crippen LogP) is 0.869. The highest BCUT2D eigenvalue weighted by atomic mass is 16.6. The van der Waals surface area contributed by atoms with Gasteiger partial charge >= 0.3 is 0 Å². The molecule has 1 fully saturated rings. The summed E-state index contributed by atoms with van der Waals surface area (Å²) in [5, 5.41) is 0. The number of imide groups is 1. The fraction of sp³-hybridized carbons (Fsp3) is 0.636. The molecule has 0 radical (unpaired) electrons. The summed E-state index contributed by atoms with van der Waals surface area (Å²) in [7, 11) is 0. The van der Waals surface area contributed by atoms with Crippen molar-refractivity contribution in [2.75, 3.05) is 6.54 Å². The van der Waals surface area contributed by atoms with Gasteiger partial charge in [0.2, 0.25) is 0 Å². The van der Waals surface area contributed by atoms with Gasteiger partial charge in [0.25, 0.3) is 11.8 Å². The van der Waals surface area contributed by atoms with E-state index >= 15 is 0 Å². The SMILES string of the molecule is CC1=CC(=O)N(CCC2(C)OC2C)C1=O. The number of carbonyl (C=O) groups is 2. The van der Waals surface area contributed by atoms with Crippen molar-refractivity contribution in [2.45, 2.75) is 38.9 Å². The van der Waals surface area contributed by atoms with Crippen LogP contribution in [0.1, 0.15) is 27.2 Å². The van der Waals surface area contributed by atoms with Gasteiger partial charge < -0.3 is 4.74 Å². The minimum absolute atomic E-state index is 0.142. The van der Waals surface area contributed by atoms with Gasteiger partial charge in [-0.3, -0.25) is 14.5 Å². The molecule has 2 heterocycles. The summed E-state index contributed by atoms with van der Waals surface area (Å²) in [6.07, 6.45) is 2.34. The molecule has 0 aromatic rings. The summed E-state index contributed by atoms with van der Waals surface area (Å²) in [5.74, 6) is -0.369. The van der Waals surface area contributed by atoms with E-state index in [0.29, 0.717) is 18.5 Å². The van der Waals surface area contributed by atoms with Gasteiger partial charge in [0.1, 0.15) is 0 Å². The average molecular weight is 209 g/mol. The molecule has 0 N–H and O–H groups in total. The standard InChI is InChI=1S/C11H15NO3/c1-7-6-9(13)12(10(7)14)5-4-11(3)8(2)15-11/h6,8H,4-5H2,1-3H3. The molecule has 0 bridgehead atoms. The summed E-state index contributed by atoms with van der Waals surface area (Å²) in [6.45, 7) is 6.12. The van der Waals surface area contributed by atoms with Gasteiger partial charge in [0.15, 0.2) is 0 Å². The Morgan fingerprint density at radius 1 is 1.53 bits per heavy atom. The lowest BCUT2D eigenvalue weighted by molar-refractivity contribution is -0.137. The van der Waals surface area contributed by atoms with E-state index in [4.69, 9.17) is 4.74 Å². The summed E-state index contributed by atoms with van der Waals surface area (Å²) in [4.78, 5) is 24.2. The number of epoxide rings is 1. The van der Waals surface area contributed by atoms with Crippen LogP contribution in [0.25, 0.3) is 0 Å². The highest BCUT2D eigenvalue weighted by Gasteiger charge is 2.49. The Balaban J connectivity index is 1.92. The minimum Gasteiger partial charge on any atom is -0.367 e. The first-order valence-electron chi connectivity index (χ1n) is 5.16. The van der Waals surface area contributed by atoms with Crippen molar-refractivity contribution in [3.05, 3.63) is 11.6 Å². The van der Waals surface area contributed by atoms with E-state index in [1.165, 1.54) is 11.0 Å². The zero-order chi connectivity index (χ0) is 11.2. The van der Waals surface area contributed by atoms with Crippen LogP contribution in [0.5, 0.6) is 0 Å². The van der Waals surface area contributed by atoms with Gasteiger partial charge in [0, 0.05) is 18.2 Å². The van der Waals surface area contributed by atoms with Crippen LogP contribution in [0.4, 0.5) is 0 Å². The molecule has 0 aliphatic carbocycles. The number of hydrogen-bond donors (Lipinski definition) is 0. The van der Waals surface area contributed by atoms with Crippen LogP contribution in [0.15, 0.2) is 11.6 Å². The first-order chi connectivity index (χ1) is 6.94. The van der Waals surface area contributed by atoms with E-state index in [9.17, 15) is 9.59 Å². The average Bonchev–Trinajstić information content (AvgIpc) is 2.65. The quantitative estimate of drug-likeness (QED) is 0.512. The second-order valence-electron chi connectivity index (χ2n) is 4.45. The van der Waals surface area contributed by atoms with Crippen LogP contribution < -0.4 is 0 Å². The predicted molar refractivity (Wildman–Crippen MR) is 54.0 cm³/mol. The van der Waals surface area contributed by atoms with E-state index < -0.39 is 0 Å². The van der Waals surface area contributed by atoms with Gasteiger partial charge in [-0.2, -0.15) is 0 Å². The highest BCUT2D eigenvalue weighted by Crippen LogP contribution is 2.39. The lowest BCUT2D eigenvalue weighted by atomic mass is 10.0. The molecule has 2 unspecified atom stereocenters. The highest BCUT2D eigenvalue weighted by molar-refractivity contribution is 6.15. The summed E-state index contributed by atoms with van der Waals surface area (Å²) in [5.41, 5.74) is 0.381. The molecule has 4 nitrogen and oxygen atoms in total. The number of carbonyl (C=O) groups excluding carboxylic acids is 2. The monoisotopic (exact) mass is 209 g/mol. The van der Waals surface area contributed by atoms with Gasteiger partial charge in [-0.05, 0) is 27.2 Å². The number of rotatable bonds is 3. The van der Waals surface area contributed by atoms with Gasteiger partial charge in [-0.25, -0.2) is 0 Å². The maximum Gasteiger partial charge on any atom is 0.256 e. The molecule has 2 amide bonds. The summed E-state index contributed by atoms with van der Waals surface area (Å²) >= 11 is 0. The van der Waals surface area contributed by atoms with Crippen molar-refractivity contribution in [1.82, 2.24) is 4.90 Å². The Bertz CT molecular complexity index is 361. The van der Waals surface area contributed by atoms with Crippen LogP contribution in [-0.4, -0.2) is 35.0 Å². The molecule has 1 saturated heterocycles. The first-order valence-corrected chi connectivity index (χ1v) is 5.16. The molecule has 0 aromatic carbocycles. The Kier molecular flexibility index (Phi) is 2.19. The molecular weight excluding hydrogens is 194 g/mol. The summed E-state index contributed by atoms with van der Waals surface area (Å²) in [6, 6.07) is 0. The lowest BCUT2D eigenvalue weighted by Crippen LogP contribution is -2.34. The first kappa shape index (κ1) is 10.4. The molecule has 0 spiro atoms. The van der Waals surface area contributed by atoms with E-state index in [1.807, 2.05) is 13.8 Å². The molecule has 15 heavy (non-hydrogen) atoms. The van der Waals surface area contributed by atoms with E-state index in [0.717, 1.165) is 0 Å². The smallest absolute Gasteiger partial charge is 0.256 e. The number of hydrogen-bond acceptors (Lipinski definition) is 3. The fourth-order valence-electron chi connectivity index (χ4n) is 1.82. The topological polar surface area (TPSA) is 49.9 Å². The Labute approximate surface area is 88.9 Å². The van der Waals surface area contributed by atoms with Crippen molar-refractivity contribution in [3.63, 3.8) is 0 Å². The number of amides is 2. The van der Waals surface area contributed by atoms with Gasteiger partial charge in [-0.1, -0.05) is 0 Å². The minimum atomic E-state index is -0.200. The third kappa shape index (κ3) is 1.69. The second-order valence-corrected chi connectivity index (χ2v) is 4.45. The van der Waals surface area contributed by atoms with Crippen LogP contribution in [0.3, 0.4) is 0 Å². The molecule has 2 rings (SSSR count). The molecule has 0 aromatic heterocycles. The van der Waals surface area contributed by atoms with E-state index in [2.05, 4.69) is 0 Å². The van der Waals surface area contributed by atoms with Crippen molar-refractivity contribution < 1.29 is 14.3 Å². The Hall–Kier alpha value is -1.16. The molecular formula is C11H15NO3. The molecule has 4 heteroatoms. The number of ether oxygens (including phenoxy) is 1. The maximum absolute atomic E-state index is 11.5. The van der Waals surface area contributed by atoms with Gasteiger partial charge in [0.05, 0.1) is 11.7 Å². The van der Waals surface area contributed by atoms with Crippen molar-refractivity contribution in [2.24, 2.45) is 0 Å². The number of nitrogens with zero attached hydrogens (tertiary/aromatic N) is 1. The molecule has 82 valence electrons. The van der Waals surface area contributed by atoms with Crippen molar-refractivity contribution in [3.8, 4) is 0 Å². The Morgan fingerprint density at radius 2 is 2.13 bits per heavy atom. The normalized spacial score (nSPS) is 34.7. The fourth-order valence-corrected chi connectivity index (χ4v) is 1.82. The van der Waals surface area contributed by atoms with Crippen LogP contribution in [0.2, 0.25) is 0 Å². The molecule has 2 aliphatic heterocycles. The third-order valence-corrected chi connectivity index (χ3v) is 3.27. The van der Waals surface area contributed by atoms with Crippen molar-refractivity contribution in [1.29, 1.82) is 0 Å². The summed E-state index contributed by atoms with van der Waals surface area (Å²) < 4.78 is 5.40. The molecule has 2 atom stereocenters. The Morgan fingerprint density at radius 3 is 2.53 bits per heavy atom.